The Morgan fingerprint density at radius 2 is 2.17 bits per heavy atom. The molecule has 24 heavy (non-hydrogen) atoms. The van der Waals surface area contributed by atoms with Gasteiger partial charge in [-0.3, -0.25) is 4.98 Å². The minimum absolute atomic E-state index is 0.118. The predicted octanol–water partition coefficient (Wildman–Crippen LogP) is 4.10. The maximum Gasteiger partial charge on any atom is 0.216 e. The standard InChI is InChI=1S/C15H11Cl2N5OS/c16-10-4-5-12(17)13(7-10)23-9-14-20-21-15(24)22(14)19-8-11-3-1-2-6-18-11/h1-8H,9H2,(H,21,24)/b19-8-. The highest BCUT2D eigenvalue weighted by molar-refractivity contribution is 7.71. The number of hydrogen-bond acceptors (Lipinski definition) is 5. The van der Waals surface area contributed by atoms with E-state index in [0.29, 0.717) is 32.1 Å². The van der Waals surface area contributed by atoms with Crippen molar-refractivity contribution in [3.05, 3.63) is 68.9 Å². The van der Waals surface area contributed by atoms with Crippen molar-refractivity contribution in [1.82, 2.24) is 19.9 Å². The van der Waals surface area contributed by atoms with Crippen LogP contribution in [0.1, 0.15) is 11.5 Å². The summed E-state index contributed by atoms with van der Waals surface area (Å²) < 4.78 is 7.46. The summed E-state index contributed by atoms with van der Waals surface area (Å²) in [4.78, 5) is 4.16. The zero-order valence-corrected chi connectivity index (χ0v) is 14.5. The van der Waals surface area contributed by atoms with Gasteiger partial charge in [-0.25, -0.2) is 5.10 Å². The molecule has 3 aromatic rings. The number of aromatic nitrogens is 4. The van der Waals surface area contributed by atoms with Gasteiger partial charge in [0, 0.05) is 17.3 Å². The first-order valence-corrected chi connectivity index (χ1v) is 7.99. The second kappa shape index (κ2) is 7.57. The second-order valence-corrected chi connectivity index (χ2v) is 5.85. The molecule has 0 fully saturated rings. The molecule has 0 unspecified atom stereocenters. The maximum absolute atomic E-state index is 6.07. The van der Waals surface area contributed by atoms with E-state index in [4.69, 9.17) is 40.2 Å². The van der Waals surface area contributed by atoms with E-state index in [0.717, 1.165) is 0 Å². The number of benzene rings is 1. The zero-order valence-electron chi connectivity index (χ0n) is 12.2. The van der Waals surface area contributed by atoms with Crippen molar-refractivity contribution < 1.29 is 4.74 Å². The molecule has 0 aliphatic rings. The van der Waals surface area contributed by atoms with Crippen LogP contribution < -0.4 is 4.74 Å². The third-order valence-corrected chi connectivity index (χ3v) is 3.77. The predicted molar refractivity (Wildman–Crippen MR) is 95.4 cm³/mol. The molecule has 3 rings (SSSR count). The second-order valence-electron chi connectivity index (χ2n) is 4.62. The molecule has 0 spiro atoms. The van der Waals surface area contributed by atoms with E-state index in [9.17, 15) is 0 Å². The average molecular weight is 380 g/mol. The molecular weight excluding hydrogens is 369 g/mol. The van der Waals surface area contributed by atoms with E-state index in [1.807, 2.05) is 18.2 Å². The van der Waals surface area contributed by atoms with Crippen molar-refractivity contribution in [3.63, 3.8) is 0 Å². The van der Waals surface area contributed by atoms with E-state index in [2.05, 4.69) is 20.3 Å². The topological polar surface area (TPSA) is 68.1 Å². The fourth-order valence-corrected chi connectivity index (χ4v) is 2.37. The molecular formula is C15H11Cl2N5OS. The van der Waals surface area contributed by atoms with E-state index < -0.39 is 0 Å². The van der Waals surface area contributed by atoms with Crippen molar-refractivity contribution >= 4 is 41.6 Å². The lowest BCUT2D eigenvalue weighted by molar-refractivity contribution is 0.291. The van der Waals surface area contributed by atoms with Crippen LogP contribution in [0.2, 0.25) is 10.0 Å². The fraction of sp³-hybridized carbons (Fsp3) is 0.0667. The van der Waals surface area contributed by atoms with Gasteiger partial charge in [-0.15, -0.1) is 0 Å². The van der Waals surface area contributed by atoms with Gasteiger partial charge in [0.25, 0.3) is 0 Å². The lowest BCUT2D eigenvalue weighted by Gasteiger charge is -2.07. The molecule has 2 heterocycles. The van der Waals surface area contributed by atoms with Crippen molar-refractivity contribution in [2.75, 3.05) is 0 Å². The van der Waals surface area contributed by atoms with Gasteiger partial charge in [0.15, 0.2) is 5.82 Å². The lowest BCUT2D eigenvalue weighted by Crippen LogP contribution is -2.04. The Kier molecular flexibility index (Phi) is 5.24. The van der Waals surface area contributed by atoms with Crippen LogP contribution in [0.4, 0.5) is 0 Å². The van der Waals surface area contributed by atoms with Gasteiger partial charge in [-0.05, 0) is 36.5 Å². The molecule has 0 radical (unpaired) electrons. The highest BCUT2D eigenvalue weighted by Crippen LogP contribution is 2.28. The zero-order chi connectivity index (χ0) is 16.9. The molecule has 9 heteroatoms. The van der Waals surface area contributed by atoms with Crippen LogP contribution in [-0.2, 0) is 6.61 Å². The summed E-state index contributed by atoms with van der Waals surface area (Å²) >= 11 is 17.2. The fourth-order valence-electron chi connectivity index (χ4n) is 1.84. The van der Waals surface area contributed by atoms with Crippen molar-refractivity contribution in [1.29, 1.82) is 0 Å². The van der Waals surface area contributed by atoms with Crippen molar-refractivity contribution in [2.24, 2.45) is 5.10 Å². The average Bonchev–Trinajstić information content (AvgIpc) is 2.95. The maximum atomic E-state index is 6.07. The summed E-state index contributed by atoms with van der Waals surface area (Å²) in [5, 5.41) is 12.0. The first kappa shape index (κ1) is 16.6. The summed E-state index contributed by atoms with van der Waals surface area (Å²) in [7, 11) is 0. The highest BCUT2D eigenvalue weighted by atomic mass is 35.5. The van der Waals surface area contributed by atoms with Crippen molar-refractivity contribution in [2.45, 2.75) is 6.61 Å². The van der Waals surface area contributed by atoms with Crippen LogP contribution >= 0.6 is 35.4 Å². The third kappa shape index (κ3) is 4.00. The number of aromatic amines is 1. The van der Waals surface area contributed by atoms with Gasteiger partial charge in [0.1, 0.15) is 12.4 Å². The van der Waals surface area contributed by atoms with Gasteiger partial charge < -0.3 is 4.74 Å². The minimum atomic E-state index is 0.118. The molecule has 2 aromatic heterocycles. The molecule has 1 aromatic carbocycles. The minimum Gasteiger partial charge on any atom is -0.484 e. The molecule has 1 N–H and O–H groups in total. The van der Waals surface area contributed by atoms with Crippen molar-refractivity contribution in [3.8, 4) is 5.75 Å². The van der Waals surface area contributed by atoms with Gasteiger partial charge >= 0.3 is 0 Å². The smallest absolute Gasteiger partial charge is 0.216 e. The normalized spacial score (nSPS) is 11.1. The molecule has 0 saturated carbocycles. The Balaban J connectivity index is 1.79. The summed E-state index contributed by atoms with van der Waals surface area (Å²) in [6.07, 6.45) is 3.27. The number of nitrogens with zero attached hydrogens (tertiary/aromatic N) is 4. The largest absolute Gasteiger partial charge is 0.484 e. The van der Waals surface area contributed by atoms with E-state index in [1.54, 1.807) is 30.6 Å². The van der Waals surface area contributed by atoms with Crippen LogP contribution in [0.3, 0.4) is 0 Å². The number of H-pyrrole nitrogens is 1. The van der Waals surface area contributed by atoms with E-state index >= 15 is 0 Å². The van der Waals surface area contributed by atoms with E-state index in [-0.39, 0.29) is 6.61 Å². The Labute approximate surface area is 152 Å². The van der Waals surface area contributed by atoms with E-state index in [1.165, 1.54) is 4.68 Å². The Hall–Kier alpha value is -2.22. The molecule has 0 atom stereocenters. The number of rotatable bonds is 5. The number of ether oxygens (including phenoxy) is 1. The Morgan fingerprint density at radius 3 is 2.96 bits per heavy atom. The van der Waals surface area contributed by atoms with Gasteiger partial charge in [-0.2, -0.15) is 14.9 Å². The SMILES string of the molecule is S=c1[nH]nc(COc2cc(Cl)ccc2Cl)n1/N=C\c1ccccn1. The Bertz CT molecular complexity index is 923. The summed E-state index contributed by atoms with van der Waals surface area (Å²) in [5.74, 6) is 0.946. The van der Waals surface area contributed by atoms with Gasteiger partial charge in [0.05, 0.1) is 16.9 Å². The molecule has 122 valence electrons. The third-order valence-electron chi connectivity index (χ3n) is 2.96. The Morgan fingerprint density at radius 1 is 1.29 bits per heavy atom. The summed E-state index contributed by atoms with van der Waals surface area (Å²) in [6.45, 7) is 0.118. The van der Waals surface area contributed by atoms with Crippen LogP contribution in [-0.4, -0.2) is 26.1 Å². The molecule has 0 bridgehead atoms. The molecule has 6 nitrogen and oxygen atoms in total. The van der Waals surface area contributed by atoms with Crippen LogP contribution in [0, 0.1) is 4.77 Å². The number of halogens is 2. The monoisotopic (exact) mass is 379 g/mol. The van der Waals surface area contributed by atoms with Crippen LogP contribution in [0.15, 0.2) is 47.7 Å². The molecule has 0 aliphatic heterocycles. The quantitative estimate of drug-likeness (QED) is 0.535. The highest BCUT2D eigenvalue weighted by Gasteiger charge is 2.08. The van der Waals surface area contributed by atoms with Crippen LogP contribution in [0.5, 0.6) is 5.75 Å². The summed E-state index contributed by atoms with van der Waals surface area (Å²) in [6, 6.07) is 10.5. The van der Waals surface area contributed by atoms with Gasteiger partial charge in [-0.1, -0.05) is 29.3 Å². The number of pyridine rings is 1. The first-order valence-electron chi connectivity index (χ1n) is 6.83. The number of hydrogen-bond donors (Lipinski definition) is 1. The lowest BCUT2D eigenvalue weighted by atomic mass is 10.3. The van der Waals surface area contributed by atoms with Gasteiger partial charge in [0.2, 0.25) is 4.77 Å². The molecule has 0 saturated heterocycles. The number of nitrogens with one attached hydrogen (secondary N) is 1. The van der Waals surface area contributed by atoms with Crippen LogP contribution in [0.25, 0.3) is 0 Å². The first-order chi connectivity index (χ1) is 11.6. The molecule has 0 amide bonds. The molecule has 0 aliphatic carbocycles. The summed E-state index contributed by atoms with van der Waals surface area (Å²) in [5.41, 5.74) is 0.699.